The highest BCUT2D eigenvalue weighted by Gasteiger charge is 2.20. The summed E-state index contributed by atoms with van der Waals surface area (Å²) in [5.74, 6) is 0. The van der Waals surface area contributed by atoms with E-state index in [0.29, 0.717) is 6.04 Å². The number of hydrogen-bond acceptors (Lipinski definition) is 3. The lowest BCUT2D eigenvalue weighted by molar-refractivity contribution is 0.208. The number of nitrogens with one attached hydrogen (secondary N) is 1. The van der Waals surface area contributed by atoms with Crippen molar-refractivity contribution in [2.45, 2.75) is 39.2 Å². The molecule has 0 saturated carbocycles. The van der Waals surface area contributed by atoms with Crippen molar-refractivity contribution >= 4 is 11.3 Å². The van der Waals surface area contributed by atoms with E-state index in [2.05, 4.69) is 36.2 Å². The van der Waals surface area contributed by atoms with E-state index in [9.17, 15) is 0 Å². The normalized spacial score (nSPS) is 20.1. The molecule has 1 fully saturated rings. The highest BCUT2D eigenvalue weighted by Crippen LogP contribution is 2.30. The van der Waals surface area contributed by atoms with Crippen molar-refractivity contribution in [1.82, 2.24) is 10.2 Å². The molecule has 0 spiro atoms. The summed E-state index contributed by atoms with van der Waals surface area (Å²) in [6.45, 7) is 9.31. The highest BCUT2D eigenvalue weighted by molar-refractivity contribution is 7.12. The Labute approximate surface area is 109 Å². The zero-order valence-corrected chi connectivity index (χ0v) is 11.9. The standard InChI is InChI=1S/C14H24N2S/c1-3-12-6-7-14(17-12)13(4-2)16-10-5-8-15-9-11-16/h6-7,13,15H,3-5,8-11H2,1-2H3. The van der Waals surface area contributed by atoms with Gasteiger partial charge in [0.2, 0.25) is 0 Å². The van der Waals surface area contributed by atoms with Crippen molar-refractivity contribution in [2.75, 3.05) is 26.2 Å². The lowest BCUT2D eigenvalue weighted by atomic mass is 10.1. The van der Waals surface area contributed by atoms with Crippen LogP contribution in [0, 0.1) is 0 Å². The van der Waals surface area contributed by atoms with Gasteiger partial charge in [-0.2, -0.15) is 0 Å². The minimum Gasteiger partial charge on any atom is -0.315 e. The quantitative estimate of drug-likeness (QED) is 0.886. The number of rotatable bonds is 4. The minimum absolute atomic E-state index is 0.639. The molecule has 3 heteroatoms. The van der Waals surface area contributed by atoms with E-state index >= 15 is 0 Å². The number of thiophene rings is 1. The summed E-state index contributed by atoms with van der Waals surface area (Å²) in [4.78, 5) is 5.74. The van der Waals surface area contributed by atoms with Crippen LogP contribution in [-0.2, 0) is 6.42 Å². The lowest BCUT2D eigenvalue weighted by Gasteiger charge is -2.28. The molecule has 0 amide bonds. The summed E-state index contributed by atoms with van der Waals surface area (Å²) in [5.41, 5.74) is 0. The first-order valence-corrected chi connectivity index (χ1v) is 7.70. The van der Waals surface area contributed by atoms with E-state index in [4.69, 9.17) is 0 Å². The van der Waals surface area contributed by atoms with Crippen LogP contribution in [0.25, 0.3) is 0 Å². The fourth-order valence-electron chi connectivity index (χ4n) is 2.58. The molecule has 96 valence electrons. The van der Waals surface area contributed by atoms with Crippen LogP contribution in [0.3, 0.4) is 0 Å². The first-order chi connectivity index (χ1) is 8.35. The monoisotopic (exact) mass is 252 g/mol. The third-order valence-corrected chi connectivity index (χ3v) is 4.89. The van der Waals surface area contributed by atoms with Crippen LogP contribution in [-0.4, -0.2) is 31.1 Å². The molecule has 1 aliphatic heterocycles. The van der Waals surface area contributed by atoms with Crippen LogP contribution >= 0.6 is 11.3 Å². The maximum Gasteiger partial charge on any atom is 0.0439 e. The molecule has 1 unspecified atom stereocenters. The second-order valence-corrected chi connectivity index (χ2v) is 5.92. The maximum atomic E-state index is 3.49. The van der Waals surface area contributed by atoms with E-state index in [0.717, 1.165) is 6.54 Å². The van der Waals surface area contributed by atoms with Gasteiger partial charge in [0.15, 0.2) is 0 Å². The lowest BCUT2D eigenvalue weighted by Crippen LogP contribution is -2.31. The summed E-state index contributed by atoms with van der Waals surface area (Å²) in [6.07, 6.45) is 3.68. The first-order valence-electron chi connectivity index (χ1n) is 6.88. The molecule has 2 heterocycles. The van der Waals surface area contributed by atoms with Crippen molar-refractivity contribution in [2.24, 2.45) is 0 Å². The Morgan fingerprint density at radius 1 is 1.29 bits per heavy atom. The largest absolute Gasteiger partial charge is 0.315 e. The third kappa shape index (κ3) is 3.30. The average Bonchev–Trinajstić information content (AvgIpc) is 2.66. The SMILES string of the molecule is CCc1ccc(C(CC)N2CCCNCC2)s1. The summed E-state index contributed by atoms with van der Waals surface area (Å²) < 4.78 is 0. The van der Waals surface area contributed by atoms with Gasteiger partial charge in [-0.05, 0) is 37.9 Å². The second-order valence-electron chi connectivity index (χ2n) is 4.72. The minimum atomic E-state index is 0.639. The molecule has 1 aliphatic rings. The number of aryl methyl sites for hydroxylation is 1. The van der Waals surface area contributed by atoms with Crippen LogP contribution in [0.1, 0.15) is 42.5 Å². The van der Waals surface area contributed by atoms with E-state index in [1.807, 2.05) is 11.3 Å². The van der Waals surface area contributed by atoms with Crippen molar-refractivity contribution in [1.29, 1.82) is 0 Å². The molecule has 1 N–H and O–H groups in total. The van der Waals surface area contributed by atoms with E-state index < -0.39 is 0 Å². The van der Waals surface area contributed by atoms with Gasteiger partial charge >= 0.3 is 0 Å². The molecule has 2 rings (SSSR count). The maximum absolute atomic E-state index is 3.49. The first kappa shape index (κ1) is 13.1. The van der Waals surface area contributed by atoms with E-state index in [1.54, 1.807) is 4.88 Å². The molecular weight excluding hydrogens is 228 g/mol. The van der Waals surface area contributed by atoms with E-state index in [1.165, 1.54) is 43.8 Å². The van der Waals surface area contributed by atoms with Gasteiger partial charge in [-0.3, -0.25) is 4.90 Å². The molecule has 17 heavy (non-hydrogen) atoms. The van der Waals surface area contributed by atoms with Crippen molar-refractivity contribution < 1.29 is 0 Å². The molecule has 0 radical (unpaired) electrons. The van der Waals surface area contributed by atoms with Crippen molar-refractivity contribution in [3.8, 4) is 0 Å². The molecule has 1 atom stereocenters. The van der Waals surface area contributed by atoms with Gasteiger partial charge in [-0.15, -0.1) is 11.3 Å². The molecule has 1 aromatic heterocycles. The third-order valence-electron chi connectivity index (χ3n) is 3.56. The fourth-order valence-corrected chi connectivity index (χ4v) is 3.75. The van der Waals surface area contributed by atoms with Gasteiger partial charge in [0, 0.05) is 35.4 Å². The Morgan fingerprint density at radius 3 is 2.88 bits per heavy atom. The van der Waals surface area contributed by atoms with Crippen molar-refractivity contribution in [3.05, 3.63) is 21.9 Å². The van der Waals surface area contributed by atoms with Gasteiger partial charge in [-0.1, -0.05) is 13.8 Å². The number of hydrogen-bond donors (Lipinski definition) is 1. The van der Waals surface area contributed by atoms with Crippen LogP contribution in [0.15, 0.2) is 12.1 Å². The van der Waals surface area contributed by atoms with Gasteiger partial charge < -0.3 is 5.32 Å². The van der Waals surface area contributed by atoms with Gasteiger partial charge in [-0.25, -0.2) is 0 Å². The Kier molecular flexibility index (Phi) is 5.01. The number of nitrogens with zero attached hydrogens (tertiary/aromatic N) is 1. The highest BCUT2D eigenvalue weighted by atomic mass is 32.1. The Bertz CT molecular complexity index is 327. The smallest absolute Gasteiger partial charge is 0.0439 e. The molecule has 0 aliphatic carbocycles. The van der Waals surface area contributed by atoms with E-state index in [-0.39, 0.29) is 0 Å². The van der Waals surface area contributed by atoms with Crippen LogP contribution in [0.5, 0.6) is 0 Å². The topological polar surface area (TPSA) is 15.3 Å². The molecule has 1 aromatic rings. The molecular formula is C14H24N2S. The molecule has 0 bridgehead atoms. The summed E-state index contributed by atoms with van der Waals surface area (Å²) in [5, 5.41) is 3.49. The molecule has 2 nitrogen and oxygen atoms in total. The van der Waals surface area contributed by atoms with Crippen LogP contribution in [0.4, 0.5) is 0 Å². The average molecular weight is 252 g/mol. The van der Waals surface area contributed by atoms with Gasteiger partial charge in [0.1, 0.15) is 0 Å². The zero-order chi connectivity index (χ0) is 12.1. The fraction of sp³-hybridized carbons (Fsp3) is 0.714. The molecule has 0 aromatic carbocycles. The predicted octanol–water partition coefficient (Wildman–Crippen LogP) is 3.06. The second kappa shape index (κ2) is 6.53. The summed E-state index contributed by atoms with van der Waals surface area (Å²) in [7, 11) is 0. The summed E-state index contributed by atoms with van der Waals surface area (Å²) in [6, 6.07) is 5.29. The van der Waals surface area contributed by atoms with Gasteiger partial charge in [0.05, 0.1) is 0 Å². The van der Waals surface area contributed by atoms with Crippen LogP contribution < -0.4 is 5.32 Å². The Hall–Kier alpha value is -0.380. The Morgan fingerprint density at radius 2 is 2.18 bits per heavy atom. The predicted molar refractivity (Wildman–Crippen MR) is 75.8 cm³/mol. The zero-order valence-electron chi connectivity index (χ0n) is 11.0. The molecule has 1 saturated heterocycles. The van der Waals surface area contributed by atoms with Gasteiger partial charge in [0.25, 0.3) is 0 Å². The van der Waals surface area contributed by atoms with Crippen LogP contribution in [0.2, 0.25) is 0 Å². The van der Waals surface area contributed by atoms with Crippen molar-refractivity contribution in [3.63, 3.8) is 0 Å². The summed E-state index contributed by atoms with van der Waals surface area (Å²) >= 11 is 2.00. The Balaban J connectivity index is 2.08.